The number of hydrogen-bond acceptors (Lipinski definition) is 4. The number of furan rings is 1. The molecule has 1 aromatic heterocycles. The van der Waals surface area contributed by atoms with Gasteiger partial charge in [0.05, 0.1) is 12.7 Å². The number of rotatable bonds is 6. The molecule has 0 bridgehead atoms. The number of carbonyl (C=O) groups is 2. The molecule has 140 valence electrons. The summed E-state index contributed by atoms with van der Waals surface area (Å²) in [5, 5.41) is 3.38. The molecule has 3 aromatic rings. The van der Waals surface area contributed by atoms with Crippen LogP contribution in [0.25, 0.3) is 11.0 Å². The molecule has 0 fully saturated rings. The maximum atomic E-state index is 13.5. The van der Waals surface area contributed by atoms with Crippen LogP contribution in [0, 0.1) is 19.7 Å². The standard InChI is InChI=1S/C21H20FNO4/c1-13-7-8-17-16(11-27-21(17)14(13)2)9-20(25)26-12-19(24)23-10-15-5-3-4-6-18(15)22/h3-8,11H,9-10,12H2,1-2H3,(H,23,24). The van der Waals surface area contributed by atoms with Gasteiger partial charge in [-0.05, 0) is 31.0 Å². The highest BCUT2D eigenvalue weighted by Crippen LogP contribution is 2.26. The van der Waals surface area contributed by atoms with Gasteiger partial charge >= 0.3 is 5.97 Å². The fourth-order valence-corrected chi connectivity index (χ4v) is 2.76. The first-order valence-electron chi connectivity index (χ1n) is 8.57. The van der Waals surface area contributed by atoms with Crippen LogP contribution in [0.4, 0.5) is 4.39 Å². The molecule has 6 heteroatoms. The number of fused-ring (bicyclic) bond motifs is 1. The second-order valence-electron chi connectivity index (χ2n) is 6.35. The van der Waals surface area contributed by atoms with Crippen molar-refractivity contribution >= 4 is 22.8 Å². The lowest BCUT2D eigenvalue weighted by atomic mass is 10.0. The minimum atomic E-state index is -0.531. The van der Waals surface area contributed by atoms with Crippen LogP contribution < -0.4 is 5.32 Å². The fourth-order valence-electron chi connectivity index (χ4n) is 2.76. The molecule has 0 aliphatic heterocycles. The van der Waals surface area contributed by atoms with Gasteiger partial charge in [-0.2, -0.15) is 0 Å². The van der Waals surface area contributed by atoms with Crippen LogP contribution >= 0.6 is 0 Å². The van der Waals surface area contributed by atoms with Gasteiger partial charge < -0.3 is 14.5 Å². The van der Waals surface area contributed by atoms with Crippen molar-refractivity contribution in [1.29, 1.82) is 0 Å². The smallest absolute Gasteiger partial charge is 0.310 e. The Bertz CT molecular complexity index is 993. The minimum Gasteiger partial charge on any atom is -0.464 e. The van der Waals surface area contributed by atoms with Crippen LogP contribution in [0.2, 0.25) is 0 Å². The number of hydrogen-bond donors (Lipinski definition) is 1. The molecule has 0 spiro atoms. The average Bonchev–Trinajstić information content (AvgIpc) is 3.05. The van der Waals surface area contributed by atoms with E-state index in [1.54, 1.807) is 18.2 Å². The molecule has 27 heavy (non-hydrogen) atoms. The molecule has 0 saturated carbocycles. The zero-order chi connectivity index (χ0) is 19.4. The second-order valence-corrected chi connectivity index (χ2v) is 6.35. The normalized spacial score (nSPS) is 10.8. The van der Waals surface area contributed by atoms with Crippen molar-refractivity contribution in [2.24, 2.45) is 0 Å². The van der Waals surface area contributed by atoms with Crippen molar-refractivity contribution in [1.82, 2.24) is 5.32 Å². The van der Waals surface area contributed by atoms with E-state index in [4.69, 9.17) is 9.15 Å². The van der Waals surface area contributed by atoms with Gasteiger partial charge in [-0.1, -0.05) is 30.3 Å². The minimum absolute atomic E-state index is 0.0100. The SMILES string of the molecule is Cc1ccc2c(CC(=O)OCC(=O)NCc3ccccc3F)coc2c1C. The van der Waals surface area contributed by atoms with Crippen molar-refractivity contribution in [3.05, 3.63) is 70.7 Å². The molecule has 1 amide bonds. The van der Waals surface area contributed by atoms with E-state index in [0.29, 0.717) is 11.1 Å². The number of esters is 1. The number of carbonyl (C=O) groups excluding carboxylic acids is 2. The van der Waals surface area contributed by atoms with E-state index < -0.39 is 24.3 Å². The summed E-state index contributed by atoms with van der Waals surface area (Å²) in [5.74, 6) is -1.42. The number of aryl methyl sites for hydroxylation is 2. The quantitative estimate of drug-likeness (QED) is 0.674. The molecule has 1 heterocycles. The zero-order valence-electron chi connectivity index (χ0n) is 15.2. The first-order valence-corrected chi connectivity index (χ1v) is 8.57. The van der Waals surface area contributed by atoms with Crippen LogP contribution in [0.3, 0.4) is 0 Å². The highest BCUT2D eigenvalue weighted by Gasteiger charge is 2.15. The fraction of sp³-hybridized carbons (Fsp3) is 0.238. The lowest BCUT2D eigenvalue weighted by Crippen LogP contribution is -2.29. The summed E-state index contributed by atoms with van der Waals surface area (Å²) in [6, 6.07) is 10.0. The summed E-state index contributed by atoms with van der Waals surface area (Å²) in [6.45, 7) is 3.57. The van der Waals surface area contributed by atoms with Crippen molar-refractivity contribution in [3.63, 3.8) is 0 Å². The Kier molecular flexibility index (Phi) is 5.54. The first kappa shape index (κ1) is 18.6. The molecule has 2 aromatic carbocycles. The summed E-state index contributed by atoms with van der Waals surface area (Å²) in [7, 11) is 0. The number of amides is 1. The van der Waals surface area contributed by atoms with Crippen LogP contribution in [0.15, 0.2) is 47.1 Å². The zero-order valence-corrected chi connectivity index (χ0v) is 15.2. The van der Waals surface area contributed by atoms with Crippen molar-refractivity contribution in [2.45, 2.75) is 26.8 Å². The van der Waals surface area contributed by atoms with Gasteiger partial charge in [0.25, 0.3) is 5.91 Å². The van der Waals surface area contributed by atoms with Crippen LogP contribution in [-0.2, 0) is 27.3 Å². The number of benzene rings is 2. The first-order chi connectivity index (χ1) is 13.0. The van der Waals surface area contributed by atoms with Crippen LogP contribution in [0.1, 0.15) is 22.3 Å². The topological polar surface area (TPSA) is 68.5 Å². The highest BCUT2D eigenvalue weighted by molar-refractivity contribution is 5.89. The van der Waals surface area contributed by atoms with Crippen LogP contribution in [0.5, 0.6) is 0 Å². The lowest BCUT2D eigenvalue weighted by molar-refractivity contribution is -0.147. The Morgan fingerprint density at radius 3 is 2.67 bits per heavy atom. The van der Waals surface area contributed by atoms with Gasteiger partial charge in [0.15, 0.2) is 6.61 Å². The Hall–Kier alpha value is -3.15. The van der Waals surface area contributed by atoms with Gasteiger partial charge in [0.2, 0.25) is 0 Å². The molecule has 5 nitrogen and oxygen atoms in total. The Balaban J connectivity index is 1.52. The monoisotopic (exact) mass is 369 g/mol. The third-order valence-corrected chi connectivity index (χ3v) is 4.47. The average molecular weight is 369 g/mol. The second kappa shape index (κ2) is 8.03. The molecule has 0 unspecified atom stereocenters. The number of nitrogens with one attached hydrogen (secondary N) is 1. The molecule has 0 radical (unpaired) electrons. The Morgan fingerprint density at radius 1 is 1.11 bits per heavy atom. The predicted molar refractivity (Wildman–Crippen MR) is 98.6 cm³/mol. The van der Waals surface area contributed by atoms with Gasteiger partial charge in [-0.15, -0.1) is 0 Å². The summed E-state index contributed by atoms with van der Waals surface area (Å²) < 4.78 is 24.1. The summed E-state index contributed by atoms with van der Waals surface area (Å²) in [4.78, 5) is 23.8. The molecule has 0 aliphatic rings. The van der Waals surface area contributed by atoms with E-state index in [2.05, 4.69) is 5.32 Å². The Morgan fingerprint density at radius 2 is 1.89 bits per heavy atom. The molecule has 3 rings (SSSR count). The van der Waals surface area contributed by atoms with Gasteiger partial charge in [0.1, 0.15) is 11.4 Å². The highest BCUT2D eigenvalue weighted by atomic mass is 19.1. The molecular formula is C21H20FNO4. The van der Waals surface area contributed by atoms with Crippen molar-refractivity contribution in [3.8, 4) is 0 Å². The van der Waals surface area contributed by atoms with Gasteiger partial charge in [-0.3, -0.25) is 9.59 Å². The molecule has 0 saturated heterocycles. The number of ether oxygens (including phenoxy) is 1. The third kappa shape index (κ3) is 4.34. The predicted octanol–water partition coefficient (Wildman–Crippen LogP) is 3.59. The molecule has 1 N–H and O–H groups in total. The lowest BCUT2D eigenvalue weighted by Gasteiger charge is -2.07. The van der Waals surface area contributed by atoms with Crippen molar-refractivity contribution in [2.75, 3.05) is 6.61 Å². The van der Waals surface area contributed by atoms with E-state index in [0.717, 1.165) is 22.1 Å². The summed E-state index contributed by atoms with van der Waals surface area (Å²) in [5.41, 5.74) is 3.97. The number of halogens is 1. The van der Waals surface area contributed by atoms with Gasteiger partial charge in [-0.25, -0.2) is 4.39 Å². The van der Waals surface area contributed by atoms with Crippen LogP contribution in [-0.4, -0.2) is 18.5 Å². The van der Waals surface area contributed by atoms with E-state index in [9.17, 15) is 14.0 Å². The molecule has 0 atom stereocenters. The molecular weight excluding hydrogens is 349 g/mol. The Labute approximate surface area is 156 Å². The van der Waals surface area contributed by atoms with E-state index in [1.165, 1.54) is 12.3 Å². The van der Waals surface area contributed by atoms with Crippen molar-refractivity contribution < 1.29 is 23.1 Å². The van der Waals surface area contributed by atoms with Gasteiger partial charge in [0, 0.05) is 23.1 Å². The maximum absolute atomic E-state index is 13.5. The molecule has 0 aliphatic carbocycles. The van der Waals surface area contributed by atoms with E-state index in [1.807, 2.05) is 26.0 Å². The summed E-state index contributed by atoms with van der Waals surface area (Å²) >= 11 is 0. The maximum Gasteiger partial charge on any atom is 0.310 e. The summed E-state index contributed by atoms with van der Waals surface area (Å²) in [6.07, 6.45) is 1.55. The van der Waals surface area contributed by atoms with E-state index in [-0.39, 0.29) is 13.0 Å². The third-order valence-electron chi connectivity index (χ3n) is 4.47. The van der Waals surface area contributed by atoms with E-state index >= 15 is 0 Å². The largest absolute Gasteiger partial charge is 0.464 e.